The van der Waals surface area contributed by atoms with Crippen LogP contribution in [0.15, 0.2) is 67.1 Å². The van der Waals surface area contributed by atoms with Crippen LogP contribution in [0.2, 0.25) is 0 Å². The average Bonchev–Trinajstić information content (AvgIpc) is 3.25. The summed E-state index contributed by atoms with van der Waals surface area (Å²) in [6.45, 7) is 6.08. The van der Waals surface area contributed by atoms with E-state index in [4.69, 9.17) is 0 Å². The van der Waals surface area contributed by atoms with Crippen molar-refractivity contribution in [3.8, 4) is 0 Å². The van der Waals surface area contributed by atoms with E-state index in [0.717, 1.165) is 36.2 Å². The Labute approximate surface area is 194 Å². The van der Waals surface area contributed by atoms with Crippen LogP contribution in [0, 0.1) is 16.0 Å². The first kappa shape index (κ1) is 24.1. The molecule has 1 aromatic heterocycles. The summed E-state index contributed by atoms with van der Waals surface area (Å²) < 4.78 is 1.90. The van der Waals surface area contributed by atoms with Gasteiger partial charge in [0, 0.05) is 37.1 Å². The van der Waals surface area contributed by atoms with Crippen molar-refractivity contribution in [1.82, 2.24) is 20.0 Å². The van der Waals surface area contributed by atoms with E-state index in [2.05, 4.69) is 24.3 Å². The number of nitrogens with one attached hydrogen (secondary N) is 1. The number of benzene rings is 2. The molecule has 0 aliphatic rings. The van der Waals surface area contributed by atoms with Gasteiger partial charge in [-0.2, -0.15) is 0 Å². The van der Waals surface area contributed by atoms with Crippen molar-refractivity contribution in [2.75, 3.05) is 6.54 Å². The highest BCUT2D eigenvalue weighted by Gasteiger charge is 2.17. The first-order valence-corrected chi connectivity index (χ1v) is 11.3. The number of amides is 1. The highest BCUT2D eigenvalue weighted by Crippen LogP contribution is 2.15. The zero-order chi connectivity index (χ0) is 23.6. The zero-order valence-electron chi connectivity index (χ0n) is 19.2. The van der Waals surface area contributed by atoms with Gasteiger partial charge in [0.05, 0.1) is 24.2 Å². The van der Waals surface area contributed by atoms with Gasteiger partial charge in [-0.25, -0.2) is 10.4 Å². The van der Waals surface area contributed by atoms with E-state index in [1.807, 2.05) is 34.9 Å². The average molecular weight is 450 g/mol. The number of hydrogen-bond donors (Lipinski definition) is 1. The predicted molar refractivity (Wildman–Crippen MR) is 127 cm³/mol. The van der Waals surface area contributed by atoms with Crippen LogP contribution < -0.4 is 5.43 Å². The maximum Gasteiger partial charge on any atom is 0.269 e. The fourth-order valence-electron chi connectivity index (χ4n) is 3.46. The fourth-order valence-corrected chi connectivity index (χ4v) is 3.46. The van der Waals surface area contributed by atoms with Crippen molar-refractivity contribution in [2.24, 2.45) is 5.92 Å². The molecule has 8 heteroatoms. The van der Waals surface area contributed by atoms with Crippen molar-refractivity contribution in [3.05, 3.63) is 94.1 Å². The molecule has 0 radical (unpaired) electrons. The van der Waals surface area contributed by atoms with Crippen molar-refractivity contribution in [3.63, 3.8) is 0 Å². The molecule has 2 aromatic carbocycles. The van der Waals surface area contributed by atoms with Gasteiger partial charge in [0.25, 0.3) is 5.69 Å². The monoisotopic (exact) mass is 449 g/mol. The second-order valence-electron chi connectivity index (χ2n) is 8.29. The summed E-state index contributed by atoms with van der Waals surface area (Å²) in [7, 11) is 0. The molecular formula is C25H31N5O3. The van der Waals surface area contributed by atoms with Crippen LogP contribution in [0.3, 0.4) is 0 Å². The minimum absolute atomic E-state index is 0.0338. The lowest BCUT2D eigenvalue weighted by molar-refractivity contribution is -0.384. The number of aromatic nitrogens is 2. The molecule has 1 N–H and O–H groups in total. The van der Waals surface area contributed by atoms with Gasteiger partial charge in [0.15, 0.2) is 0 Å². The van der Waals surface area contributed by atoms with Crippen molar-refractivity contribution >= 4 is 11.6 Å². The third-order valence-corrected chi connectivity index (χ3v) is 5.75. The Bertz CT molecular complexity index is 1030. The highest BCUT2D eigenvalue weighted by molar-refractivity contribution is 5.77. The lowest BCUT2D eigenvalue weighted by Crippen LogP contribution is -2.44. The summed E-state index contributed by atoms with van der Waals surface area (Å²) in [5.74, 6) is 0.558. The van der Waals surface area contributed by atoms with Crippen LogP contribution >= 0.6 is 0 Å². The van der Waals surface area contributed by atoms with E-state index in [-0.39, 0.29) is 18.0 Å². The molecule has 3 rings (SSSR count). The maximum atomic E-state index is 13.2. The zero-order valence-corrected chi connectivity index (χ0v) is 19.2. The third-order valence-electron chi connectivity index (χ3n) is 5.75. The number of nitrogens with zero attached hydrogens (tertiary/aromatic N) is 4. The van der Waals surface area contributed by atoms with E-state index in [9.17, 15) is 14.9 Å². The molecule has 0 saturated heterocycles. The normalized spacial score (nSPS) is 11.8. The standard InChI is InChI=1S/C25H31N5O3/c1-3-20(2)13-14-27-29(18-21-7-5-4-6-8-21)25(31)15-24-16-26-19-28(24)17-22-9-11-23(12-10-22)30(32)33/h4-12,16,19-20,27H,3,13-15,17-18H2,1-2H3/t20-/m0/s1. The third kappa shape index (κ3) is 7.25. The van der Waals surface area contributed by atoms with Gasteiger partial charge in [0.2, 0.25) is 5.91 Å². The molecule has 174 valence electrons. The summed E-state index contributed by atoms with van der Waals surface area (Å²) >= 11 is 0. The van der Waals surface area contributed by atoms with E-state index in [1.165, 1.54) is 12.1 Å². The smallest absolute Gasteiger partial charge is 0.269 e. The van der Waals surface area contributed by atoms with Gasteiger partial charge < -0.3 is 4.57 Å². The minimum Gasteiger partial charge on any atom is -0.330 e. The van der Waals surface area contributed by atoms with E-state index < -0.39 is 4.92 Å². The molecule has 0 aliphatic heterocycles. The Morgan fingerprint density at radius 3 is 2.55 bits per heavy atom. The largest absolute Gasteiger partial charge is 0.330 e. The van der Waals surface area contributed by atoms with Crippen molar-refractivity contribution in [2.45, 2.75) is 46.2 Å². The van der Waals surface area contributed by atoms with Gasteiger partial charge in [0.1, 0.15) is 0 Å². The lowest BCUT2D eigenvalue weighted by atomic mass is 10.1. The summed E-state index contributed by atoms with van der Waals surface area (Å²) in [6.07, 6.45) is 5.69. The SMILES string of the molecule is CC[C@H](C)CCNN(Cc1ccccc1)C(=O)Cc1cncn1Cc1ccc([N+](=O)[O-])cc1. The molecule has 8 nitrogen and oxygen atoms in total. The Morgan fingerprint density at radius 1 is 1.15 bits per heavy atom. The topological polar surface area (TPSA) is 93.3 Å². The van der Waals surface area contributed by atoms with Gasteiger partial charge in [-0.15, -0.1) is 0 Å². The molecule has 3 aromatic rings. The Balaban J connectivity index is 1.68. The first-order chi connectivity index (χ1) is 16.0. The number of carbonyl (C=O) groups is 1. The number of non-ortho nitro benzene ring substituents is 1. The molecule has 33 heavy (non-hydrogen) atoms. The summed E-state index contributed by atoms with van der Waals surface area (Å²) in [4.78, 5) is 27.9. The molecule has 0 spiro atoms. The molecule has 0 aliphatic carbocycles. The van der Waals surface area contributed by atoms with Crippen molar-refractivity contribution in [1.29, 1.82) is 0 Å². The first-order valence-electron chi connectivity index (χ1n) is 11.3. The van der Waals surface area contributed by atoms with E-state index in [1.54, 1.807) is 29.7 Å². The van der Waals surface area contributed by atoms with Crippen molar-refractivity contribution < 1.29 is 9.72 Å². The van der Waals surface area contributed by atoms with Crippen LogP contribution in [0.1, 0.15) is 43.5 Å². The summed E-state index contributed by atoms with van der Waals surface area (Å²) in [6, 6.07) is 16.3. The molecular weight excluding hydrogens is 418 g/mol. The predicted octanol–water partition coefficient (Wildman–Crippen LogP) is 4.35. The number of nitro benzene ring substituents is 1. The molecule has 1 atom stereocenters. The molecule has 0 unspecified atom stereocenters. The van der Waals surface area contributed by atoms with Gasteiger partial charge in [-0.05, 0) is 23.5 Å². The van der Waals surface area contributed by atoms with Crippen LogP contribution in [0.25, 0.3) is 0 Å². The molecule has 0 saturated carbocycles. The molecule has 1 heterocycles. The number of rotatable bonds is 12. The molecule has 0 fully saturated rings. The number of imidazole rings is 1. The minimum atomic E-state index is -0.416. The number of hydrogen-bond acceptors (Lipinski definition) is 5. The molecule has 0 bridgehead atoms. The fraction of sp³-hybridized carbons (Fsp3) is 0.360. The Morgan fingerprint density at radius 2 is 1.88 bits per heavy atom. The summed E-state index contributed by atoms with van der Waals surface area (Å²) in [5.41, 5.74) is 6.13. The van der Waals surface area contributed by atoms with E-state index in [0.29, 0.717) is 19.0 Å². The van der Waals surface area contributed by atoms with E-state index >= 15 is 0 Å². The van der Waals surface area contributed by atoms with Gasteiger partial charge >= 0.3 is 0 Å². The lowest BCUT2D eigenvalue weighted by Gasteiger charge is -2.25. The Hall–Kier alpha value is -3.52. The van der Waals surface area contributed by atoms with Crippen LogP contribution in [-0.2, 0) is 24.3 Å². The Kier molecular flexibility index (Phi) is 8.71. The van der Waals surface area contributed by atoms with Gasteiger partial charge in [-0.3, -0.25) is 19.9 Å². The highest BCUT2D eigenvalue weighted by atomic mass is 16.6. The quantitative estimate of drug-likeness (QED) is 0.328. The molecule has 1 amide bonds. The van der Waals surface area contributed by atoms with Crippen LogP contribution in [-0.4, -0.2) is 31.9 Å². The number of nitro groups is 1. The summed E-state index contributed by atoms with van der Waals surface area (Å²) in [5, 5.41) is 12.6. The number of carbonyl (C=O) groups excluding carboxylic acids is 1. The number of hydrazine groups is 1. The second-order valence-corrected chi connectivity index (χ2v) is 8.29. The van der Waals surface area contributed by atoms with Crippen LogP contribution in [0.4, 0.5) is 5.69 Å². The maximum absolute atomic E-state index is 13.2. The van der Waals surface area contributed by atoms with Gasteiger partial charge in [-0.1, -0.05) is 62.7 Å². The van der Waals surface area contributed by atoms with Crippen LogP contribution in [0.5, 0.6) is 0 Å². The second kappa shape index (κ2) is 11.9.